The lowest BCUT2D eigenvalue weighted by Gasteiger charge is -2.36. The van der Waals surface area contributed by atoms with Crippen molar-refractivity contribution in [1.82, 2.24) is 4.98 Å². The van der Waals surface area contributed by atoms with Gasteiger partial charge >= 0.3 is 0 Å². The van der Waals surface area contributed by atoms with E-state index in [1.54, 1.807) is 19.2 Å². The number of aryl methyl sites for hydroxylation is 1. The van der Waals surface area contributed by atoms with Crippen molar-refractivity contribution >= 4 is 10.0 Å². The van der Waals surface area contributed by atoms with Crippen LogP contribution in [0.2, 0.25) is 0 Å². The Balaban J connectivity index is 1.29. The average molecular weight is 549 g/mol. The SMILES string of the molecule is COC1(c2cccc(OCCCc3nc(-c4ccccc4)c(-c4ccc(S(N)(=O)=O)cc4)o3)c2)CCOCC1. The van der Waals surface area contributed by atoms with Crippen LogP contribution in [-0.2, 0) is 31.5 Å². The van der Waals surface area contributed by atoms with Crippen molar-refractivity contribution < 1.29 is 27.0 Å². The lowest BCUT2D eigenvalue weighted by atomic mass is 9.86. The van der Waals surface area contributed by atoms with Crippen LogP contribution < -0.4 is 9.88 Å². The maximum atomic E-state index is 11.7. The molecule has 204 valence electrons. The molecule has 4 aromatic rings. The third kappa shape index (κ3) is 6.23. The van der Waals surface area contributed by atoms with Crippen molar-refractivity contribution in [2.75, 3.05) is 26.9 Å². The highest BCUT2D eigenvalue weighted by molar-refractivity contribution is 7.89. The number of rotatable bonds is 10. The fraction of sp³-hybridized carbons (Fsp3) is 0.300. The van der Waals surface area contributed by atoms with E-state index >= 15 is 0 Å². The predicted octanol–water partition coefficient (Wildman–Crippen LogP) is 5.32. The number of hydrogen-bond acceptors (Lipinski definition) is 7. The Morgan fingerprint density at radius 3 is 2.38 bits per heavy atom. The maximum absolute atomic E-state index is 11.7. The van der Waals surface area contributed by atoms with Gasteiger partial charge in [-0.25, -0.2) is 18.5 Å². The van der Waals surface area contributed by atoms with Crippen LogP contribution in [0, 0.1) is 0 Å². The van der Waals surface area contributed by atoms with Crippen LogP contribution in [0.1, 0.15) is 30.7 Å². The molecule has 3 aromatic carbocycles. The van der Waals surface area contributed by atoms with Gasteiger partial charge in [-0.3, -0.25) is 0 Å². The zero-order chi connectivity index (χ0) is 27.3. The van der Waals surface area contributed by atoms with Gasteiger partial charge in [-0.1, -0.05) is 42.5 Å². The van der Waals surface area contributed by atoms with E-state index in [1.807, 2.05) is 42.5 Å². The first kappa shape index (κ1) is 27.1. The van der Waals surface area contributed by atoms with Gasteiger partial charge in [0.1, 0.15) is 11.4 Å². The normalized spacial score (nSPS) is 15.2. The van der Waals surface area contributed by atoms with Crippen LogP contribution in [-0.4, -0.2) is 40.3 Å². The molecule has 0 spiro atoms. The maximum Gasteiger partial charge on any atom is 0.238 e. The van der Waals surface area contributed by atoms with E-state index in [-0.39, 0.29) is 10.5 Å². The smallest absolute Gasteiger partial charge is 0.238 e. The third-order valence-corrected chi connectivity index (χ3v) is 7.95. The Kier molecular flexibility index (Phi) is 8.13. The zero-order valence-corrected chi connectivity index (χ0v) is 22.7. The average Bonchev–Trinajstić information content (AvgIpc) is 3.40. The number of primary sulfonamides is 1. The number of nitrogens with zero attached hydrogens (tertiary/aromatic N) is 1. The molecule has 1 saturated heterocycles. The van der Waals surface area contributed by atoms with E-state index < -0.39 is 10.0 Å². The van der Waals surface area contributed by atoms with Crippen molar-refractivity contribution in [2.24, 2.45) is 5.14 Å². The molecule has 8 nitrogen and oxygen atoms in total. The van der Waals surface area contributed by atoms with E-state index in [1.165, 1.54) is 12.1 Å². The third-order valence-electron chi connectivity index (χ3n) is 7.02. The van der Waals surface area contributed by atoms with E-state index in [0.29, 0.717) is 55.6 Å². The molecule has 0 saturated carbocycles. The fourth-order valence-electron chi connectivity index (χ4n) is 4.85. The number of methoxy groups -OCH3 is 1. The highest BCUT2D eigenvalue weighted by Gasteiger charge is 2.34. The molecule has 39 heavy (non-hydrogen) atoms. The first-order valence-electron chi connectivity index (χ1n) is 12.9. The molecular formula is C30H32N2O6S. The molecule has 0 atom stereocenters. The lowest BCUT2D eigenvalue weighted by Crippen LogP contribution is -2.35. The summed E-state index contributed by atoms with van der Waals surface area (Å²) in [4.78, 5) is 4.82. The first-order valence-corrected chi connectivity index (χ1v) is 14.5. The Bertz CT molecular complexity index is 1490. The van der Waals surface area contributed by atoms with Crippen molar-refractivity contribution in [1.29, 1.82) is 0 Å². The molecule has 0 unspecified atom stereocenters. The van der Waals surface area contributed by atoms with Crippen molar-refractivity contribution in [3.05, 3.63) is 90.3 Å². The molecule has 1 fully saturated rings. The molecule has 0 aliphatic carbocycles. The summed E-state index contributed by atoms with van der Waals surface area (Å²) < 4.78 is 47.1. The summed E-state index contributed by atoms with van der Waals surface area (Å²) in [6, 6.07) is 24.1. The summed E-state index contributed by atoms with van der Waals surface area (Å²) in [6.45, 7) is 1.85. The van der Waals surface area contributed by atoms with E-state index in [0.717, 1.165) is 29.7 Å². The van der Waals surface area contributed by atoms with Gasteiger partial charge in [0.2, 0.25) is 10.0 Å². The summed E-state index contributed by atoms with van der Waals surface area (Å²) in [7, 11) is -2.03. The molecule has 9 heteroatoms. The molecule has 1 aliphatic rings. The number of nitrogens with two attached hydrogens (primary N) is 1. The number of oxazole rings is 1. The number of benzene rings is 3. The number of sulfonamides is 1. The lowest BCUT2D eigenvalue weighted by molar-refractivity contribution is -0.0948. The van der Waals surface area contributed by atoms with Crippen molar-refractivity contribution in [3.8, 4) is 28.3 Å². The second-order valence-electron chi connectivity index (χ2n) is 9.51. The minimum Gasteiger partial charge on any atom is -0.494 e. The van der Waals surface area contributed by atoms with Crippen LogP contribution in [0.5, 0.6) is 5.75 Å². The Labute approximate surface area is 228 Å². The van der Waals surface area contributed by atoms with Crippen molar-refractivity contribution in [2.45, 2.75) is 36.2 Å². The van der Waals surface area contributed by atoms with Crippen molar-refractivity contribution in [3.63, 3.8) is 0 Å². The highest BCUT2D eigenvalue weighted by atomic mass is 32.2. The van der Waals surface area contributed by atoms with E-state index in [9.17, 15) is 8.42 Å². The minimum absolute atomic E-state index is 0.0432. The highest BCUT2D eigenvalue weighted by Crippen LogP contribution is 2.37. The van der Waals surface area contributed by atoms with Gasteiger partial charge in [0.25, 0.3) is 0 Å². The monoisotopic (exact) mass is 548 g/mol. The predicted molar refractivity (Wildman–Crippen MR) is 148 cm³/mol. The van der Waals surface area contributed by atoms with Gasteiger partial charge in [-0.05, 0) is 48.4 Å². The number of aromatic nitrogens is 1. The van der Waals surface area contributed by atoms with Crippen LogP contribution in [0.3, 0.4) is 0 Å². The number of ether oxygens (including phenoxy) is 3. The largest absolute Gasteiger partial charge is 0.494 e. The molecular weight excluding hydrogens is 516 g/mol. The van der Waals surface area contributed by atoms with Gasteiger partial charge < -0.3 is 18.6 Å². The second kappa shape index (κ2) is 11.7. The summed E-state index contributed by atoms with van der Waals surface area (Å²) in [5, 5.41) is 5.25. The molecule has 1 aliphatic heterocycles. The Hall–Kier alpha value is -3.50. The summed E-state index contributed by atoms with van der Waals surface area (Å²) >= 11 is 0. The standard InChI is InChI=1S/C30H32N2O6S/c1-35-30(16-19-36-20-17-30)24-9-5-10-25(21-24)37-18-6-11-27-32-28(22-7-3-2-4-8-22)29(38-27)23-12-14-26(15-13-23)39(31,33)34/h2-5,7-10,12-15,21H,6,11,16-20H2,1H3,(H2,31,33,34). The van der Waals surface area contributed by atoms with Crippen LogP contribution >= 0.6 is 0 Å². The molecule has 5 rings (SSSR count). The Morgan fingerprint density at radius 1 is 0.949 bits per heavy atom. The topological polar surface area (TPSA) is 114 Å². The van der Waals surface area contributed by atoms with Gasteiger partial charge in [-0.15, -0.1) is 0 Å². The molecule has 0 radical (unpaired) electrons. The number of hydrogen-bond donors (Lipinski definition) is 1. The molecule has 2 heterocycles. The molecule has 0 bridgehead atoms. The van der Waals surface area contributed by atoms with Gasteiger partial charge in [0.15, 0.2) is 11.7 Å². The second-order valence-corrected chi connectivity index (χ2v) is 11.1. The molecule has 1 aromatic heterocycles. The van der Waals surface area contributed by atoms with Gasteiger partial charge in [-0.2, -0.15) is 0 Å². The van der Waals surface area contributed by atoms with Gasteiger partial charge in [0.05, 0.1) is 17.1 Å². The zero-order valence-electron chi connectivity index (χ0n) is 21.8. The fourth-order valence-corrected chi connectivity index (χ4v) is 5.36. The molecule has 0 amide bonds. The summed E-state index contributed by atoms with van der Waals surface area (Å²) in [6.07, 6.45) is 2.90. The first-order chi connectivity index (χ1) is 18.9. The molecule has 2 N–H and O–H groups in total. The van der Waals surface area contributed by atoms with Gasteiger partial charge in [0, 0.05) is 50.7 Å². The van der Waals surface area contributed by atoms with Crippen LogP contribution in [0.25, 0.3) is 22.6 Å². The summed E-state index contributed by atoms with van der Waals surface area (Å²) in [5.74, 6) is 1.95. The quantitative estimate of drug-likeness (QED) is 0.267. The van der Waals surface area contributed by atoms with Crippen LogP contribution in [0.4, 0.5) is 0 Å². The summed E-state index contributed by atoms with van der Waals surface area (Å²) in [5.41, 5.74) is 3.08. The van der Waals surface area contributed by atoms with E-state index in [2.05, 4.69) is 12.1 Å². The Morgan fingerprint density at radius 2 is 1.69 bits per heavy atom. The minimum atomic E-state index is -3.78. The van der Waals surface area contributed by atoms with Crippen LogP contribution in [0.15, 0.2) is 88.2 Å². The van der Waals surface area contributed by atoms with E-state index in [4.69, 9.17) is 28.8 Å².